The number of carbonyl (C=O) groups is 1. The van der Waals surface area contributed by atoms with E-state index in [1.165, 1.54) is 6.33 Å². The lowest BCUT2D eigenvalue weighted by Gasteiger charge is -2.18. The Morgan fingerprint density at radius 2 is 1.96 bits per heavy atom. The number of nitrogens with zero attached hydrogens (tertiary/aromatic N) is 3. The molecule has 28 heavy (non-hydrogen) atoms. The van der Waals surface area contributed by atoms with Gasteiger partial charge in [-0.3, -0.25) is 9.48 Å². The Balaban J connectivity index is 1.41. The maximum atomic E-state index is 12.6. The number of rotatable bonds is 8. The van der Waals surface area contributed by atoms with Crippen molar-refractivity contribution < 1.29 is 14.3 Å². The van der Waals surface area contributed by atoms with Gasteiger partial charge in [0.25, 0.3) is 0 Å². The predicted molar refractivity (Wildman–Crippen MR) is 103 cm³/mol. The molecule has 7 heteroatoms. The van der Waals surface area contributed by atoms with E-state index >= 15 is 0 Å². The molecule has 0 fully saturated rings. The number of aromatic nitrogens is 3. The average Bonchev–Trinajstić information content (AvgIpc) is 3.41. The quantitative estimate of drug-likeness (QED) is 0.610. The number of hydrogen-bond acceptors (Lipinski definition) is 5. The van der Waals surface area contributed by atoms with Crippen molar-refractivity contribution in [1.82, 2.24) is 20.1 Å². The Labute approximate surface area is 163 Å². The summed E-state index contributed by atoms with van der Waals surface area (Å²) in [6.07, 6.45) is 4.35. The number of hydrogen-bond donors (Lipinski definition) is 1. The average molecular weight is 378 g/mol. The van der Waals surface area contributed by atoms with Crippen molar-refractivity contribution in [2.24, 2.45) is 0 Å². The first-order valence-corrected chi connectivity index (χ1v) is 9.33. The highest BCUT2D eigenvalue weighted by atomic mass is 16.7. The molecule has 4 rings (SSSR count). The highest BCUT2D eigenvalue weighted by molar-refractivity contribution is 5.77. The van der Waals surface area contributed by atoms with Crippen LogP contribution in [0.15, 0.2) is 61.2 Å². The summed E-state index contributed by atoms with van der Waals surface area (Å²) >= 11 is 0. The van der Waals surface area contributed by atoms with Crippen LogP contribution in [0.2, 0.25) is 0 Å². The van der Waals surface area contributed by atoms with Gasteiger partial charge in [0.15, 0.2) is 11.5 Å². The van der Waals surface area contributed by atoms with Gasteiger partial charge in [0.05, 0.1) is 0 Å². The van der Waals surface area contributed by atoms with E-state index in [-0.39, 0.29) is 18.6 Å². The van der Waals surface area contributed by atoms with E-state index in [1.807, 2.05) is 48.5 Å². The molecule has 2 heterocycles. The van der Waals surface area contributed by atoms with Crippen LogP contribution in [0.1, 0.15) is 29.9 Å². The van der Waals surface area contributed by atoms with Gasteiger partial charge >= 0.3 is 0 Å². The monoisotopic (exact) mass is 378 g/mol. The van der Waals surface area contributed by atoms with Crippen LogP contribution in [-0.4, -0.2) is 34.0 Å². The van der Waals surface area contributed by atoms with E-state index in [0.717, 1.165) is 35.6 Å². The summed E-state index contributed by atoms with van der Waals surface area (Å²) in [6.45, 7) is 1.56. The van der Waals surface area contributed by atoms with Crippen molar-refractivity contribution in [3.8, 4) is 11.5 Å². The molecule has 0 spiro atoms. The summed E-state index contributed by atoms with van der Waals surface area (Å²) in [7, 11) is 0. The number of nitrogens with one attached hydrogen (secondary N) is 1. The lowest BCUT2D eigenvalue weighted by Crippen LogP contribution is -2.27. The Kier molecular flexibility index (Phi) is 5.51. The fraction of sp³-hybridized carbons (Fsp3) is 0.286. The lowest BCUT2D eigenvalue weighted by atomic mass is 9.88. The molecule has 7 nitrogen and oxygen atoms in total. The molecule has 0 saturated carbocycles. The molecule has 2 aromatic carbocycles. The van der Waals surface area contributed by atoms with Gasteiger partial charge in [-0.25, -0.2) is 4.98 Å². The molecule has 0 aliphatic carbocycles. The maximum Gasteiger partial charge on any atom is 0.231 e. The van der Waals surface area contributed by atoms with Gasteiger partial charge in [-0.2, -0.15) is 5.10 Å². The van der Waals surface area contributed by atoms with Gasteiger partial charge in [-0.05, 0) is 29.7 Å². The normalized spacial score (nSPS) is 13.3. The Morgan fingerprint density at radius 3 is 2.79 bits per heavy atom. The van der Waals surface area contributed by atoms with E-state index in [1.54, 1.807) is 11.0 Å². The summed E-state index contributed by atoms with van der Waals surface area (Å²) in [5.74, 6) is 1.44. The third kappa shape index (κ3) is 4.31. The summed E-state index contributed by atoms with van der Waals surface area (Å²) in [5.41, 5.74) is 2.13. The van der Waals surface area contributed by atoms with Crippen LogP contribution in [-0.2, 0) is 11.3 Å². The molecular formula is C21H22N4O3. The van der Waals surface area contributed by atoms with Crippen LogP contribution < -0.4 is 14.8 Å². The van der Waals surface area contributed by atoms with Gasteiger partial charge < -0.3 is 14.8 Å². The Bertz CT molecular complexity index is 913. The molecule has 1 aromatic heterocycles. The second kappa shape index (κ2) is 8.56. The minimum atomic E-state index is -0.0500. The molecule has 144 valence electrons. The summed E-state index contributed by atoms with van der Waals surface area (Å²) in [6, 6.07) is 15.9. The molecule has 3 aromatic rings. The van der Waals surface area contributed by atoms with Crippen molar-refractivity contribution in [3.05, 3.63) is 72.3 Å². The number of fused-ring (bicyclic) bond motifs is 1. The van der Waals surface area contributed by atoms with E-state index in [0.29, 0.717) is 13.0 Å². The van der Waals surface area contributed by atoms with E-state index in [2.05, 4.69) is 15.4 Å². The molecule has 1 N–H and O–H groups in total. The summed E-state index contributed by atoms with van der Waals surface area (Å²) in [4.78, 5) is 16.5. The topological polar surface area (TPSA) is 78.3 Å². The van der Waals surface area contributed by atoms with Crippen molar-refractivity contribution in [2.75, 3.05) is 13.3 Å². The second-order valence-electron chi connectivity index (χ2n) is 6.64. The molecule has 1 amide bonds. The van der Waals surface area contributed by atoms with Crippen molar-refractivity contribution in [3.63, 3.8) is 0 Å². The van der Waals surface area contributed by atoms with Crippen molar-refractivity contribution in [1.29, 1.82) is 0 Å². The lowest BCUT2D eigenvalue weighted by molar-refractivity contribution is -0.121. The molecule has 0 saturated heterocycles. The fourth-order valence-electron chi connectivity index (χ4n) is 3.32. The van der Waals surface area contributed by atoms with Crippen LogP contribution in [0.3, 0.4) is 0 Å². The van der Waals surface area contributed by atoms with Crippen LogP contribution in [0.5, 0.6) is 11.5 Å². The van der Waals surface area contributed by atoms with Crippen molar-refractivity contribution in [2.45, 2.75) is 25.3 Å². The SMILES string of the molecule is O=C(CC(c1ccccc1)c1ccc2c(c1)OCO2)NCCCn1cncn1. The third-order valence-corrected chi connectivity index (χ3v) is 4.74. The Morgan fingerprint density at radius 1 is 1.11 bits per heavy atom. The zero-order valence-corrected chi connectivity index (χ0v) is 15.5. The first kappa shape index (κ1) is 18.0. The van der Waals surface area contributed by atoms with E-state index in [9.17, 15) is 4.79 Å². The van der Waals surface area contributed by atoms with E-state index < -0.39 is 0 Å². The molecule has 1 atom stereocenters. The van der Waals surface area contributed by atoms with Crippen LogP contribution in [0, 0.1) is 0 Å². The smallest absolute Gasteiger partial charge is 0.231 e. The molecule has 0 bridgehead atoms. The molecule has 0 radical (unpaired) electrons. The van der Waals surface area contributed by atoms with Gasteiger partial charge in [-0.1, -0.05) is 36.4 Å². The minimum Gasteiger partial charge on any atom is -0.454 e. The Hall–Kier alpha value is -3.35. The largest absolute Gasteiger partial charge is 0.454 e. The standard InChI is InChI=1S/C21H22N4O3/c26-21(23-9-4-10-25-14-22-13-24-25)12-18(16-5-2-1-3-6-16)17-7-8-19-20(11-17)28-15-27-19/h1-3,5-8,11,13-14,18H,4,9-10,12,15H2,(H,23,26). The molecular weight excluding hydrogens is 356 g/mol. The molecule has 1 aliphatic rings. The number of ether oxygens (including phenoxy) is 2. The molecule has 1 unspecified atom stereocenters. The first-order valence-electron chi connectivity index (χ1n) is 9.33. The third-order valence-electron chi connectivity index (χ3n) is 4.74. The summed E-state index contributed by atoms with van der Waals surface area (Å²) < 4.78 is 12.7. The zero-order valence-electron chi connectivity index (χ0n) is 15.5. The number of benzene rings is 2. The van der Waals surface area contributed by atoms with Gasteiger partial charge in [0.2, 0.25) is 12.7 Å². The number of amides is 1. The second-order valence-corrected chi connectivity index (χ2v) is 6.64. The number of carbonyl (C=O) groups excluding carboxylic acids is 1. The predicted octanol–water partition coefficient (Wildman–Crippen LogP) is 2.74. The minimum absolute atomic E-state index is 0.0186. The maximum absolute atomic E-state index is 12.6. The number of aryl methyl sites for hydroxylation is 1. The van der Waals surface area contributed by atoms with Gasteiger partial charge in [0.1, 0.15) is 12.7 Å². The van der Waals surface area contributed by atoms with E-state index in [4.69, 9.17) is 9.47 Å². The first-order chi connectivity index (χ1) is 13.8. The highest BCUT2D eigenvalue weighted by Crippen LogP contribution is 2.37. The fourth-order valence-corrected chi connectivity index (χ4v) is 3.32. The van der Waals surface area contributed by atoms with Crippen LogP contribution in [0.25, 0.3) is 0 Å². The van der Waals surface area contributed by atoms with Gasteiger partial charge in [-0.15, -0.1) is 0 Å². The molecule has 1 aliphatic heterocycles. The summed E-state index contributed by atoms with van der Waals surface area (Å²) in [5, 5.41) is 7.07. The van der Waals surface area contributed by atoms with Crippen LogP contribution in [0.4, 0.5) is 0 Å². The zero-order chi connectivity index (χ0) is 19.2. The van der Waals surface area contributed by atoms with Crippen molar-refractivity contribution >= 4 is 5.91 Å². The van der Waals surface area contributed by atoms with Gasteiger partial charge in [0, 0.05) is 25.4 Å². The van der Waals surface area contributed by atoms with Crippen LogP contribution >= 0.6 is 0 Å². The highest BCUT2D eigenvalue weighted by Gasteiger charge is 2.21.